The van der Waals surface area contributed by atoms with Gasteiger partial charge in [0.1, 0.15) is 18.3 Å². The molecule has 2 aliphatic rings. The monoisotopic (exact) mass is 356 g/mol. The fraction of sp³-hybridized carbons (Fsp3) is 0.556. The predicted molar refractivity (Wildman–Crippen MR) is 85.7 cm³/mol. The van der Waals surface area contributed by atoms with Crippen molar-refractivity contribution in [2.45, 2.75) is 44.6 Å². The summed E-state index contributed by atoms with van der Waals surface area (Å²) in [5, 5.41) is 0.142. The first kappa shape index (κ1) is 17.5. The van der Waals surface area contributed by atoms with Gasteiger partial charge in [-0.3, -0.25) is 9.59 Å². The molecule has 1 aromatic carbocycles. The van der Waals surface area contributed by atoms with E-state index in [4.69, 9.17) is 16.3 Å². The van der Waals surface area contributed by atoms with E-state index in [1.807, 2.05) is 0 Å². The summed E-state index contributed by atoms with van der Waals surface area (Å²) in [4.78, 5) is 24.2. The molecule has 0 heterocycles. The molecule has 1 aromatic rings. The van der Waals surface area contributed by atoms with Gasteiger partial charge in [-0.05, 0) is 43.7 Å². The summed E-state index contributed by atoms with van der Waals surface area (Å²) in [5.74, 6) is -1.12. The summed E-state index contributed by atoms with van der Waals surface area (Å²) >= 11 is 6.37. The molecule has 1 unspecified atom stereocenters. The Morgan fingerprint density at radius 3 is 2.71 bits per heavy atom. The van der Waals surface area contributed by atoms with E-state index in [9.17, 15) is 18.4 Å². The van der Waals surface area contributed by atoms with Gasteiger partial charge in [0.05, 0.1) is 24.2 Å². The number of hydrogen-bond donors (Lipinski definition) is 0. The Hall–Kier alpha value is -1.33. The van der Waals surface area contributed by atoms with E-state index in [-0.39, 0.29) is 35.3 Å². The molecule has 0 aliphatic heterocycles. The van der Waals surface area contributed by atoms with Crippen LogP contribution in [0, 0.1) is 11.7 Å². The Morgan fingerprint density at radius 2 is 2.04 bits per heavy atom. The number of benzene rings is 1. The van der Waals surface area contributed by atoms with Crippen molar-refractivity contribution in [2.24, 2.45) is 5.92 Å². The van der Waals surface area contributed by atoms with Gasteiger partial charge in [-0.2, -0.15) is 0 Å². The SMILES string of the molecule is O=C(CC(=O)C1CC1)c1cc(F)c2c(c1Cl)C(OCCF)CCC2. The highest BCUT2D eigenvalue weighted by molar-refractivity contribution is 6.35. The van der Waals surface area contributed by atoms with Crippen molar-refractivity contribution in [3.8, 4) is 0 Å². The second-order valence-electron chi connectivity index (χ2n) is 6.39. The molecule has 3 nitrogen and oxygen atoms in total. The minimum Gasteiger partial charge on any atom is -0.371 e. The molecule has 0 N–H and O–H groups in total. The predicted octanol–water partition coefficient (Wildman–Crippen LogP) is 4.39. The number of ketones is 2. The fourth-order valence-electron chi connectivity index (χ4n) is 3.24. The van der Waals surface area contributed by atoms with E-state index in [1.54, 1.807) is 0 Å². The Labute approximate surface area is 144 Å². The minimum atomic E-state index is -0.638. The Balaban J connectivity index is 1.92. The second-order valence-corrected chi connectivity index (χ2v) is 6.77. The van der Waals surface area contributed by atoms with Crippen LogP contribution in [0.3, 0.4) is 0 Å². The second kappa shape index (κ2) is 7.28. The number of carbonyl (C=O) groups is 2. The summed E-state index contributed by atoms with van der Waals surface area (Å²) in [6, 6.07) is 1.13. The van der Waals surface area contributed by atoms with Crippen LogP contribution in [0.5, 0.6) is 0 Å². The summed E-state index contributed by atoms with van der Waals surface area (Å²) in [5.41, 5.74) is 0.899. The van der Waals surface area contributed by atoms with Gasteiger partial charge in [-0.15, -0.1) is 0 Å². The van der Waals surface area contributed by atoms with Gasteiger partial charge in [-0.1, -0.05) is 11.6 Å². The van der Waals surface area contributed by atoms with Crippen LogP contribution in [0.25, 0.3) is 0 Å². The highest BCUT2D eigenvalue weighted by Gasteiger charge is 2.33. The lowest BCUT2D eigenvalue weighted by Gasteiger charge is -2.27. The van der Waals surface area contributed by atoms with E-state index in [0.29, 0.717) is 30.4 Å². The van der Waals surface area contributed by atoms with Gasteiger partial charge >= 0.3 is 0 Å². The maximum absolute atomic E-state index is 14.5. The highest BCUT2D eigenvalue weighted by Crippen LogP contribution is 2.41. The normalized spacial score (nSPS) is 19.9. The molecule has 1 saturated carbocycles. The Morgan fingerprint density at radius 1 is 1.29 bits per heavy atom. The molecule has 1 fully saturated rings. The topological polar surface area (TPSA) is 43.4 Å². The zero-order valence-corrected chi connectivity index (χ0v) is 14.0. The summed E-state index contributed by atoms with van der Waals surface area (Å²) in [6.45, 7) is -0.735. The average molecular weight is 357 g/mol. The van der Waals surface area contributed by atoms with E-state index in [0.717, 1.165) is 18.9 Å². The van der Waals surface area contributed by atoms with E-state index < -0.39 is 24.4 Å². The highest BCUT2D eigenvalue weighted by atomic mass is 35.5. The van der Waals surface area contributed by atoms with Gasteiger partial charge in [0.15, 0.2) is 5.78 Å². The number of rotatable bonds is 7. The van der Waals surface area contributed by atoms with Crippen molar-refractivity contribution < 1.29 is 23.1 Å². The van der Waals surface area contributed by atoms with Crippen LogP contribution < -0.4 is 0 Å². The van der Waals surface area contributed by atoms with Crippen LogP contribution in [0.1, 0.15) is 59.7 Å². The Kier molecular flexibility index (Phi) is 5.30. The van der Waals surface area contributed by atoms with Crippen molar-refractivity contribution in [1.82, 2.24) is 0 Å². The number of alkyl halides is 1. The first-order valence-corrected chi connectivity index (χ1v) is 8.65. The summed E-state index contributed by atoms with van der Waals surface area (Å²) < 4.78 is 32.3. The number of fused-ring (bicyclic) bond motifs is 1. The number of hydrogen-bond acceptors (Lipinski definition) is 3. The van der Waals surface area contributed by atoms with E-state index in [1.165, 1.54) is 0 Å². The minimum absolute atomic E-state index is 0.0256. The third kappa shape index (κ3) is 3.52. The molecule has 0 saturated heterocycles. The van der Waals surface area contributed by atoms with Crippen LogP contribution >= 0.6 is 11.6 Å². The largest absolute Gasteiger partial charge is 0.371 e. The fourth-order valence-corrected chi connectivity index (χ4v) is 3.64. The van der Waals surface area contributed by atoms with E-state index in [2.05, 4.69) is 0 Å². The van der Waals surface area contributed by atoms with Crippen LogP contribution in [0.4, 0.5) is 8.78 Å². The first-order chi connectivity index (χ1) is 11.5. The van der Waals surface area contributed by atoms with Crippen LogP contribution in [0.2, 0.25) is 5.02 Å². The molecule has 130 valence electrons. The molecule has 0 aromatic heterocycles. The van der Waals surface area contributed by atoms with Crippen LogP contribution in [-0.2, 0) is 16.0 Å². The standard InChI is InChI=1S/C18H19ClF2O3/c19-18-12(15(23)9-14(22)10-4-5-10)8-13(21)11-2-1-3-16(17(11)18)24-7-6-20/h8,10,16H,1-7,9H2. The molecular weight excluding hydrogens is 338 g/mol. The molecule has 0 spiro atoms. The third-order valence-corrected chi connectivity index (χ3v) is 5.04. The zero-order chi connectivity index (χ0) is 17.3. The molecule has 0 bridgehead atoms. The van der Waals surface area contributed by atoms with Crippen molar-refractivity contribution in [1.29, 1.82) is 0 Å². The van der Waals surface area contributed by atoms with Crippen LogP contribution in [0.15, 0.2) is 6.07 Å². The molecular formula is C18H19ClF2O3. The molecule has 24 heavy (non-hydrogen) atoms. The smallest absolute Gasteiger partial charge is 0.171 e. The number of ether oxygens (including phenoxy) is 1. The summed E-state index contributed by atoms with van der Waals surface area (Å²) in [7, 11) is 0. The average Bonchev–Trinajstić information content (AvgIpc) is 3.40. The maximum atomic E-state index is 14.5. The van der Waals surface area contributed by atoms with E-state index >= 15 is 0 Å². The molecule has 0 radical (unpaired) electrons. The molecule has 0 amide bonds. The lowest BCUT2D eigenvalue weighted by Crippen LogP contribution is -2.19. The number of carbonyl (C=O) groups excluding carboxylic acids is 2. The summed E-state index contributed by atoms with van der Waals surface area (Å²) in [6.07, 6.45) is 2.69. The van der Waals surface area contributed by atoms with Gasteiger partial charge in [-0.25, -0.2) is 8.78 Å². The van der Waals surface area contributed by atoms with Crippen molar-refractivity contribution in [3.05, 3.63) is 33.6 Å². The molecule has 6 heteroatoms. The maximum Gasteiger partial charge on any atom is 0.171 e. The quantitative estimate of drug-likeness (QED) is 0.537. The van der Waals surface area contributed by atoms with Crippen molar-refractivity contribution >= 4 is 23.2 Å². The number of halogens is 3. The number of Topliss-reactive ketones (excluding diaryl/α,β-unsaturated/α-hetero) is 2. The zero-order valence-electron chi connectivity index (χ0n) is 13.2. The third-order valence-electron chi connectivity index (χ3n) is 4.64. The Bertz CT molecular complexity index is 671. The molecule has 1 atom stereocenters. The van der Waals surface area contributed by atoms with Gasteiger partial charge in [0.2, 0.25) is 0 Å². The van der Waals surface area contributed by atoms with Crippen molar-refractivity contribution in [3.63, 3.8) is 0 Å². The molecule has 3 rings (SSSR count). The van der Waals surface area contributed by atoms with Crippen molar-refractivity contribution in [2.75, 3.05) is 13.3 Å². The lowest BCUT2D eigenvalue weighted by atomic mass is 9.86. The van der Waals surface area contributed by atoms with Crippen LogP contribution in [-0.4, -0.2) is 24.8 Å². The van der Waals surface area contributed by atoms with Gasteiger partial charge < -0.3 is 4.74 Å². The first-order valence-electron chi connectivity index (χ1n) is 8.27. The lowest BCUT2D eigenvalue weighted by molar-refractivity contribution is -0.119. The van der Waals surface area contributed by atoms with Gasteiger partial charge in [0.25, 0.3) is 0 Å². The van der Waals surface area contributed by atoms with Gasteiger partial charge in [0, 0.05) is 17.0 Å². The molecule has 2 aliphatic carbocycles.